The molecular formula is C25H44O22. The SMILES string of the molecule is OC[C@H](O[C@@H]1O[C@H](CO)[C@@H](O[C@@H]2O[C@H](CO)[C@H](O)[C@H](O)[C@H]2O)[C@H](O)[C@H]1O)[C@H]1O[C@H](O)[C@@H](O)[C@@H](O)[C@@H]1O[C@@H]1O[C@H](CO)[C@@H](O)[C@H](O)[C@H]1O. The van der Waals surface area contributed by atoms with E-state index in [1.165, 1.54) is 0 Å². The maximum absolute atomic E-state index is 10.9. The van der Waals surface area contributed by atoms with Gasteiger partial charge in [0.05, 0.1) is 26.4 Å². The fourth-order valence-electron chi connectivity index (χ4n) is 5.73. The molecule has 0 radical (unpaired) electrons. The van der Waals surface area contributed by atoms with Gasteiger partial charge < -0.3 is 110 Å². The zero-order valence-corrected chi connectivity index (χ0v) is 24.5. The van der Waals surface area contributed by atoms with Crippen molar-refractivity contribution in [3.05, 3.63) is 0 Å². The van der Waals surface area contributed by atoms with Gasteiger partial charge in [-0.1, -0.05) is 0 Å². The minimum absolute atomic E-state index is 0.802. The average molecular weight is 697 g/mol. The largest absolute Gasteiger partial charge is 0.394 e. The van der Waals surface area contributed by atoms with Crippen molar-refractivity contribution in [2.75, 3.05) is 26.4 Å². The van der Waals surface area contributed by atoms with E-state index in [2.05, 4.69) is 0 Å². The first-order chi connectivity index (χ1) is 22.2. The molecule has 21 atom stereocenters. The van der Waals surface area contributed by atoms with E-state index in [0.717, 1.165) is 0 Å². The first-order valence-corrected chi connectivity index (χ1v) is 14.7. The van der Waals surface area contributed by atoms with Crippen LogP contribution >= 0.6 is 0 Å². The molecule has 0 aliphatic carbocycles. The molecule has 4 rings (SSSR count). The highest BCUT2D eigenvalue weighted by atomic mass is 16.8. The summed E-state index contributed by atoms with van der Waals surface area (Å²) in [7, 11) is 0. The van der Waals surface area contributed by atoms with Gasteiger partial charge >= 0.3 is 0 Å². The quantitative estimate of drug-likeness (QED) is 0.0953. The molecule has 0 bridgehead atoms. The number of rotatable bonds is 11. The zero-order chi connectivity index (χ0) is 34.9. The van der Waals surface area contributed by atoms with Crippen LogP contribution in [0.5, 0.6) is 0 Å². The van der Waals surface area contributed by atoms with Crippen molar-refractivity contribution in [1.82, 2.24) is 0 Å². The Kier molecular flexibility index (Phi) is 13.6. The fraction of sp³-hybridized carbons (Fsp3) is 1.00. The van der Waals surface area contributed by atoms with E-state index in [9.17, 15) is 76.6 Å². The predicted molar refractivity (Wildman–Crippen MR) is 140 cm³/mol. The molecule has 0 aromatic rings. The Labute approximate surface area is 265 Å². The highest BCUT2D eigenvalue weighted by Crippen LogP contribution is 2.34. The minimum atomic E-state index is -2.12. The van der Waals surface area contributed by atoms with Gasteiger partial charge in [0.15, 0.2) is 25.2 Å². The lowest BCUT2D eigenvalue weighted by Gasteiger charge is -2.48. The molecule has 0 saturated carbocycles. The van der Waals surface area contributed by atoms with Crippen molar-refractivity contribution in [3.63, 3.8) is 0 Å². The van der Waals surface area contributed by atoms with E-state index < -0.39 is 155 Å². The Bertz CT molecular complexity index is 960. The van der Waals surface area contributed by atoms with Crippen molar-refractivity contribution < 1.29 is 110 Å². The van der Waals surface area contributed by atoms with Crippen LogP contribution in [0.15, 0.2) is 0 Å². The molecule has 0 amide bonds. The van der Waals surface area contributed by atoms with Crippen molar-refractivity contribution in [1.29, 1.82) is 0 Å². The third-order valence-corrected chi connectivity index (χ3v) is 8.55. The highest BCUT2D eigenvalue weighted by molar-refractivity contribution is 4.98. The lowest BCUT2D eigenvalue weighted by molar-refractivity contribution is -0.382. The Balaban J connectivity index is 1.50. The van der Waals surface area contributed by atoms with E-state index in [4.69, 9.17) is 33.2 Å². The summed E-state index contributed by atoms with van der Waals surface area (Å²) >= 11 is 0. The summed E-state index contributed by atoms with van der Waals surface area (Å²) in [5.74, 6) is 0. The molecule has 0 unspecified atom stereocenters. The van der Waals surface area contributed by atoms with E-state index in [1.807, 2.05) is 0 Å². The highest BCUT2D eigenvalue weighted by Gasteiger charge is 2.55. The lowest BCUT2D eigenvalue weighted by atomic mass is 9.94. The molecule has 0 aromatic carbocycles. The number of hydrogen-bond donors (Lipinski definition) is 15. The molecule has 22 heteroatoms. The Morgan fingerprint density at radius 3 is 1.32 bits per heavy atom. The number of hydrogen-bond acceptors (Lipinski definition) is 22. The summed E-state index contributed by atoms with van der Waals surface area (Å²) < 4.78 is 38.0. The molecule has 4 aliphatic rings. The van der Waals surface area contributed by atoms with Gasteiger partial charge in [-0.2, -0.15) is 0 Å². The minimum Gasteiger partial charge on any atom is -0.394 e. The molecule has 0 spiro atoms. The van der Waals surface area contributed by atoms with Gasteiger partial charge in [0.2, 0.25) is 0 Å². The topological polar surface area (TPSA) is 368 Å². The second-order valence-corrected chi connectivity index (χ2v) is 11.6. The van der Waals surface area contributed by atoms with Crippen molar-refractivity contribution in [2.45, 2.75) is 129 Å². The van der Waals surface area contributed by atoms with Crippen molar-refractivity contribution in [3.8, 4) is 0 Å². The molecule has 276 valence electrons. The monoisotopic (exact) mass is 696 g/mol. The van der Waals surface area contributed by atoms with E-state index in [1.54, 1.807) is 0 Å². The summed E-state index contributed by atoms with van der Waals surface area (Å²) in [6.07, 6.45) is -38.7. The lowest BCUT2D eigenvalue weighted by Crippen LogP contribution is -2.67. The summed E-state index contributed by atoms with van der Waals surface area (Å²) in [5.41, 5.74) is 0. The first kappa shape index (κ1) is 38.9. The van der Waals surface area contributed by atoms with Crippen LogP contribution in [-0.2, 0) is 33.2 Å². The van der Waals surface area contributed by atoms with Gasteiger partial charge in [0, 0.05) is 0 Å². The van der Waals surface area contributed by atoms with Crippen molar-refractivity contribution >= 4 is 0 Å². The average Bonchev–Trinajstić information content (AvgIpc) is 3.06. The molecule has 4 saturated heterocycles. The van der Waals surface area contributed by atoms with Gasteiger partial charge in [-0.05, 0) is 0 Å². The van der Waals surface area contributed by atoms with Crippen LogP contribution < -0.4 is 0 Å². The Morgan fingerprint density at radius 1 is 0.426 bits per heavy atom. The third-order valence-electron chi connectivity index (χ3n) is 8.55. The summed E-state index contributed by atoms with van der Waals surface area (Å²) in [6, 6.07) is 0. The van der Waals surface area contributed by atoms with Crippen LogP contribution in [0.4, 0.5) is 0 Å². The zero-order valence-electron chi connectivity index (χ0n) is 24.5. The second kappa shape index (κ2) is 16.4. The fourth-order valence-corrected chi connectivity index (χ4v) is 5.73. The van der Waals surface area contributed by atoms with Crippen LogP contribution in [0.25, 0.3) is 0 Å². The smallest absolute Gasteiger partial charge is 0.187 e. The molecule has 22 nitrogen and oxygen atoms in total. The number of aliphatic hydroxyl groups is 15. The van der Waals surface area contributed by atoms with Crippen LogP contribution in [0.1, 0.15) is 0 Å². The van der Waals surface area contributed by atoms with E-state index in [0.29, 0.717) is 0 Å². The molecule has 4 heterocycles. The molecule has 0 aromatic heterocycles. The Hall–Kier alpha value is -0.880. The maximum atomic E-state index is 10.9. The Morgan fingerprint density at radius 2 is 0.851 bits per heavy atom. The first-order valence-electron chi connectivity index (χ1n) is 14.7. The standard InChI is InChI=1S/C25H44O22/c26-1-5-9(30)11(32)16(37)24(41-5)46-19-7(3-28)43-23(18(39)14(19)35)44-8(4-29)20-21(13(34)15(36)22(40)45-20)47-25-17(38)12(33)10(31)6(2-27)42-25/h5-40H,1-4H2/t5-,6-,7-,8+,9+,10-,11+,12+,13-,14-,15+,16-,17-,18-,19-,20-,21+,22+,23+,24+,25+/m1/s1. The van der Waals surface area contributed by atoms with Crippen molar-refractivity contribution in [2.24, 2.45) is 0 Å². The van der Waals surface area contributed by atoms with Crippen LogP contribution in [-0.4, -0.2) is 232 Å². The van der Waals surface area contributed by atoms with Gasteiger partial charge in [-0.15, -0.1) is 0 Å². The molecule has 15 N–H and O–H groups in total. The maximum Gasteiger partial charge on any atom is 0.187 e. The second-order valence-electron chi connectivity index (χ2n) is 11.6. The van der Waals surface area contributed by atoms with Crippen LogP contribution in [0.3, 0.4) is 0 Å². The summed E-state index contributed by atoms with van der Waals surface area (Å²) in [6.45, 7) is -3.62. The van der Waals surface area contributed by atoms with Gasteiger partial charge in [-0.3, -0.25) is 0 Å². The van der Waals surface area contributed by atoms with Crippen LogP contribution in [0.2, 0.25) is 0 Å². The van der Waals surface area contributed by atoms with Gasteiger partial charge in [0.1, 0.15) is 104 Å². The molecule has 47 heavy (non-hydrogen) atoms. The molecule has 4 fully saturated rings. The third kappa shape index (κ3) is 7.89. The number of aliphatic hydroxyl groups excluding tert-OH is 15. The van der Waals surface area contributed by atoms with Gasteiger partial charge in [-0.25, -0.2) is 0 Å². The normalized spacial score (nSPS) is 51.9. The van der Waals surface area contributed by atoms with E-state index >= 15 is 0 Å². The summed E-state index contributed by atoms with van der Waals surface area (Å²) in [5, 5.41) is 153. The molecule has 4 aliphatic heterocycles. The van der Waals surface area contributed by atoms with Crippen LogP contribution in [0, 0.1) is 0 Å². The van der Waals surface area contributed by atoms with E-state index in [-0.39, 0.29) is 0 Å². The number of ether oxygens (including phenoxy) is 7. The molecular weight excluding hydrogens is 652 g/mol. The summed E-state index contributed by atoms with van der Waals surface area (Å²) in [4.78, 5) is 0. The predicted octanol–water partition coefficient (Wildman–Crippen LogP) is -10.4. The van der Waals surface area contributed by atoms with Gasteiger partial charge in [0.25, 0.3) is 0 Å².